The largest absolute Gasteiger partial charge is 0.397 e. The van der Waals surface area contributed by atoms with Gasteiger partial charge in [-0.15, -0.1) is 11.3 Å². The van der Waals surface area contributed by atoms with Gasteiger partial charge in [0.1, 0.15) is 22.5 Å². The van der Waals surface area contributed by atoms with Crippen LogP contribution in [0.2, 0.25) is 0 Å². The van der Waals surface area contributed by atoms with Crippen LogP contribution < -0.4 is 28.1 Å². The number of hydrogen-bond donors (Lipinski definition) is 6. The summed E-state index contributed by atoms with van der Waals surface area (Å²) in [5.41, 5.74) is 22.0. The first-order valence-corrected chi connectivity index (χ1v) is 10.1. The van der Waals surface area contributed by atoms with Crippen molar-refractivity contribution in [3.63, 3.8) is 0 Å². The molecule has 1 aromatic carbocycles. The summed E-state index contributed by atoms with van der Waals surface area (Å²) < 4.78 is 29.4. The van der Waals surface area contributed by atoms with E-state index in [2.05, 4.69) is 15.8 Å². The monoisotopic (exact) mass is 460 g/mol. The molecule has 0 unspecified atom stereocenters. The summed E-state index contributed by atoms with van der Waals surface area (Å²) in [6, 6.07) is 3.33. The first-order chi connectivity index (χ1) is 15.0. The van der Waals surface area contributed by atoms with E-state index in [9.17, 15) is 18.7 Å². The molecule has 0 bridgehead atoms. The second-order valence-electron chi connectivity index (χ2n) is 7.41. The smallest absolute Gasteiger partial charge is 0.251 e. The third kappa shape index (κ3) is 4.95. The number of allylic oxidation sites excluding steroid dienone is 2. The molecule has 32 heavy (non-hydrogen) atoms. The molecular weight excluding hydrogens is 438 g/mol. The minimum atomic E-state index is -1.43. The first kappa shape index (κ1) is 23.0. The number of rotatable bonds is 6. The van der Waals surface area contributed by atoms with Gasteiger partial charge in [0.05, 0.1) is 28.1 Å². The van der Waals surface area contributed by atoms with Gasteiger partial charge in [-0.1, -0.05) is 0 Å². The van der Waals surface area contributed by atoms with Crippen molar-refractivity contribution < 1.29 is 18.7 Å². The summed E-state index contributed by atoms with van der Waals surface area (Å²) in [4.78, 5) is 16.1. The number of carbonyl (C=O) groups is 1. The van der Waals surface area contributed by atoms with Crippen molar-refractivity contribution in [3.8, 4) is 10.4 Å². The van der Waals surface area contributed by atoms with Crippen molar-refractivity contribution in [3.05, 3.63) is 76.8 Å². The summed E-state index contributed by atoms with van der Waals surface area (Å²) in [6.45, 7) is 2.83. The highest BCUT2D eigenvalue weighted by atomic mass is 32.1. The molecule has 0 radical (unpaired) electrons. The van der Waals surface area contributed by atoms with Gasteiger partial charge in [0, 0.05) is 11.1 Å². The average molecular weight is 461 g/mol. The van der Waals surface area contributed by atoms with Gasteiger partial charge in [0.2, 0.25) is 0 Å². The van der Waals surface area contributed by atoms with Crippen LogP contribution in [-0.2, 0) is 5.60 Å². The Morgan fingerprint density at radius 3 is 2.34 bits per heavy atom. The van der Waals surface area contributed by atoms with Crippen LogP contribution in [0.4, 0.5) is 13.8 Å². The lowest BCUT2D eigenvalue weighted by atomic mass is 9.96. The van der Waals surface area contributed by atoms with Crippen molar-refractivity contribution in [2.75, 3.05) is 0 Å². The van der Waals surface area contributed by atoms with Crippen LogP contribution in [0.1, 0.15) is 29.8 Å². The molecule has 1 aromatic heterocycles. The van der Waals surface area contributed by atoms with Gasteiger partial charge in [0.25, 0.3) is 5.91 Å². The number of halogens is 2. The normalized spacial score (nSPS) is 15.7. The van der Waals surface area contributed by atoms with Crippen LogP contribution >= 0.6 is 11.3 Å². The molecule has 0 saturated carbocycles. The Morgan fingerprint density at radius 2 is 1.81 bits per heavy atom. The third-order valence-electron chi connectivity index (χ3n) is 4.49. The molecule has 2 heterocycles. The standard InChI is InChI=1S/C21H22F2N6O2S/c1-21(2,31)10-7-12(22)18(13(23)8-10)16-9-11(19(26)30)20(32-16)28-17(25)4-3-14(24)15-5-6-27-29-15/h3-9,27,29,31H,24H2,1-2H3,(H2,25,28)(H2,26,30)/b4-3-,15-14-. The van der Waals surface area contributed by atoms with Gasteiger partial charge in [-0.05, 0) is 55.8 Å². The Labute approximate surface area is 186 Å². The van der Waals surface area contributed by atoms with Crippen molar-refractivity contribution >= 4 is 28.1 Å². The molecule has 11 heteroatoms. The zero-order valence-corrected chi connectivity index (χ0v) is 18.1. The van der Waals surface area contributed by atoms with Crippen molar-refractivity contribution in [1.29, 1.82) is 0 Å². The maximum absolute atomic E-state index is 14.7. The molecule has 1 amide bonds. The van der Waals surface area contributed by atoms with E-state index < -0.39 is 23.1 Å². The number of hydrazine groups is 1. The van der Waals surface area contributed by atoms with Crippen molar-refractivity contribution in [1.82, 2.24) is 10.9 Å². The Balaban J connectivity index is 1.99. The van der Waals surface area contributed by atoms with Gasteiger partial charge in [-0.2, -0.15) is 0 Å². The Morgan fingerprint density at radius 1 is 1.16 bits per heavy atom. The molecule has 0 saturated heterocycles. The average Bonchev–Trinajstić information content (AvgIpc) is 3.35. The summed E-state index contributed by atoms with van der Waals surface area (Å²) in [5, 5.41) is 10.1. The summed E-state index contributed by atoms with van der Waals surface area (Å²) in [7, 11) is 0. The van der Waals surface area contributed by atoms with Crippen LogP contribution in [0.5, 0.6) is 0 Å². The maximum Gasteiger partial charge on any atom is 0.251 e. The highest BCUT2D eigenvalue weighted by molar-refractivity contribution is 7.19. The highest BCUT2D eigenvalue weighted by Crippen LogP contribution is 2.40. The minimum Gasteiger partial charge on any atom is -0.397 e. The van der Waals surface area contributed by atoms with Gasteiger partial charge in [0.15, 0.2) is 0 Å². The van der Waals surface area contributed by atoms with E-state index in [0.29, 0.717) is 11.4 Å². The second-order valence-corrected chi connectivity index (χ2v) is 8.44. The molecule has 1 aliphatic heterocycles. The molecule has 9 N–H and O–H groups in total. The first-order valence-electron chi connectivity index (χ1n) is 9.33. The van der Waals surface area contributed by atoms with E-state index in [4.69, 9.17) is 17.2 Å². The molecule has 168 valence electrons. The van der Waals surface area contributed by atoms with Crippen LogP contribution in [0.15, 0.2) is 59.0 Å². The fraction of sp³-hybridized carbons (Fsp3) is 0.143. The lowest BCUT2D eigenvalue weighted by molar-refractivity contribution is 0.0778. The van der Waals surface area contributed by atoms with Crippen LogP contribution in [0.25, 0.3) is 10.4 Å². The minimum absolute atomic E-state index is 0.00212. The van der Waals surface area contributed by atoms with Crippen molar-refractivity contribution in [2.45, 2.75) is 19.4 Å². The summed E-state index contributed by atoms with van der Waals surface area (Å²) in [5.74, 6) is -2.62. The fourth-order valence-corrected chi connectivity index (χ4v) is 3.90. The van der Waals surface area contributed by atoms with Gasteiger partial charge >= 0.3 is 0 Å². The number of aliphatic hydroxyl groups is 1. The zero-order valence-electron chi connectivity index (χ0n) is 17.2. The molecule has 3 rings (SSSR count). The molecule has 0 fully saturated rings. The lowest BCUT2D eigenvalue weighted by Crippen LogP contribution is -2.21. The van der Waals surface area contributed by atoms with Crippen molar-refractivity contribution in [2.24, 2.45) is 22.2 Å². The number of amidine groups is 1. The van der Waals surface area contributed by atoms with Gasteiger partial charge in [-0.3, -0.25) is 10.2 Å². The number of aliphatic imine (C=N–C) groups is 1. The quantitative estimate of drug-likeness (QED) is 0.288. The molecule has 0 spiro atoms. The number of thiophene rings is 1. The Hall–Kier alpha value is -3.70. The van der Waals surface area contributed by atoms with E-state index >= 15 is 0 Å². The number of nitrogens with two attached hydrogens (primary N) is 3. The van der Waals surface area contributed by atoms with Crippen LogP contribution in [0.3, 0.4) is 0 Å². The third-order valence-corrected chi connectivity index (χ3v) is 5.53. The van der Waals surface area contributed by atoms with Crippen LogP contribution in [0, 0.1) is 11.6 Å². The molecule has 0 aliphatic carbocycles. The second kappa shape index (κ2) is 8.81. The molecular formula is C21H22F2N6O2S. The summed E-state index contributed by atoms with van der Waals surface area (Å²) in [6.07, 6.45) is 6.30. The highest BCUT2D eigenvalue weighted by Gasteiger charge is 2.24. The molecule has 1 aliphatic rings. The molecule has 0 atom stereocenters. The number of hydrogen-bond acceptors (Lipinski definition) is 7. The van der Waals surface area contributed by atoms with Crippen LogP contribution in [-0.4, -0.2) is 16.8 Å². The lowest BCUT2D eigenvalue weighted by Gasteiger charge is -2.18. The molecule has 2 aromatic rings. The van der Waals surface area contributed by atoms with E-state index in [1.54, 1.807) is 12.3 Å². The number of primary amides is 1. The summed E-state index contributed by atoms with van der Waals surface area (Å²) >= 11 is 0.849. The SMILES string of the molecule is CC(C)(O)c1cc(F)c(-c2cc(C(N)=O)c(/N=C(N)/C=C\C(N)=C3/C=CNN3)s2)c(F)c1. The molecule has 8 nitrogen and oxygen atoms in total. The Kier molecular flexibility index (Phi) is 6.32. The number of nitrogens with zero attached hydrogens (tertiary/aromatic N) is 1. The number of nitrogens with one attached hydrogen (secondary N) is 2. The van der Waals surface area contributed by atoms with Gasteiger partial charge in [-0.25, -0.2) is 13.8 Å². The number of amides is 1. The fourth-order valence-electron chi connectivity index (χ4n) is 2.80. The number of benzene rings is 1. The van der Waals surface area contributed by atoms with Gasteiger partial charge < -0.3 is 27.7 Å². The predicted molar refractivity (Wildman–Crippen MR) is 120 cm³/mol. The zero-order chi connectivity index (χ0) is 23.6. The van der Waals surface area contributed by atoms with E-state index in [1.165, 1.54) is 32.1 Å². The van der Waals surface area contributed by atoms with E-state index in [0.717, 1.165) is 23.5 Å². The van der Waals surface area contributed by atoms with E-state index in [1.807, 2.05) is 0 Å². The maximum atomic E-state index is 14.7. The topological polar surface area (TPSA) is 152 Å². The Bertz CT molecular complexity index is 1170. The number of carbonyl (C=O) groups excluding carboxylic acids is 1. The predicted octanol–water partition coefficient (Wildman–Crippen LogP) is 2.36. The van der Waals surface area contributed by atoms with E-state index in [-0.39, 0.29) is 32.4 Å².